The van der Waals surface area contributed by atoms with E-state index in [4.69, 9.17) is 23.7 Å². The number of para-hydroxylation sites is 1. The van der Waals surface area contributed by atoms with Gasteiger partial charge in [-0.2, -0.15) is 0 Å². The lowest BCUT2D eigenvalue weighted by Gasteiger charge is -2.27. The SMILES string of the molecule is O=C(CCOCCOCCOCCOCCOCCC(=O)N(CCNC(=O)N1CCSSCC1)CCNC(=O)N1CCSSCC1)NCCC(=O)N1Cc2ccccc2C2=C(C2)c2ccccc21. The van der Waals surface area contributed by atoms with Crippen LogP contribution in [0.5, 0.6) is 0 Å². The van der Waals surface area contributed by atoms with E-state index in [9.17, 15) is 24.0 Å². The molecule has 0 spiro atoms. The van der Waals surface area contributed by atoms with Crippen LogP contribution in [0, 0.1) is 0 Å². The smallest absolute Gasteiger partial charge is 0.317 e. The van der Waals surface area contributed by atoms with Gasteiger partial charge in [0.05, 0.1) is 84.7 Å². The number of urea groups is 2. The van der Waals surface area contributed by atoms with Gasteiger partial charge in [-0.3, -0.25) is 14.4 Å². The van der Waals surface area contributed by atoms with Crippen molar-refractivity contribution in [3.05, 3.63) is 65.2 Å². The second-order valence-electron chi connectivity index (χ2n) is 16.1. The average molecular weight is 1020 g/mol. The number of carbonyl (C=O) groups is 5. The van der Waals surface area contributed by atoms with Gasteiger partial charge in [0.25, 0.3) is 0 Å². The molecule has 68 heavy (non-hydrogen) atoms. The lowest BCUT2D eigenvalue weighted by molar-refractivity contribution is -0.132. The van der Waals surface area contributed by atoms with Gasteiger partial charge in [-0.25, -0.2) is 9.59 Å². The molecule has 0 unspecified atom stereocenters. The molecule has 4 aliphatic rings. The molecule has 2 aromatic rings. The van der Waals surface area contributed by atoms with Crippen molar-refractivity contribution in [2.24, 2.45) is 0 Å². The lowest BCUT2D eigenvalue weighted by atomic mass is 10.0. The van der Waals surface area contributed by atoms with Crippen molar-refractivity contribution in [2.75, 3.05) is 153 Å². The van der Waals surface area contributed by atoms with Gasteiger partial charge in [-0.05, 0) is 34.8 Å². The van der Waals surface area contributed by atoms with Crippen molar-refractivity contribution in [3.63, 3.8) is 0 Å². The third-order valence-corrected chi connectivity index (χ3v) is 16.1. The molecule has 2 saturated heterocycles. The van der Waals surface area contributed by atoms with Gasteiger partial charge in [0, 0.05) is 100 Å². The van der Waals surface area contributed by atoms with Crippen LogP contribution in [0.4, 0.5) is 15.3 Å². The van der Waals surface area contributed by atoms with Gasteiger partial charge in [0.1, 0.15) is 0 Å². The van der Waals surface area contributed by atoms with Gasteiger partial charge in [-0.1, -0.05) is 85.6 Å². The first-order valence-electron chi connectivity index (χ1n) is 23.6. The van der Waals surface area contributed by atoms with Crippen LogP contribution < -0.4 is 20.9 Å². The van der Waals surface area contributed by atoms with Gasteiger partial charge < -0.3 is 59.2 Å². The minimum atomic E-state index is -0.169. The summed E-state index contributed by atoms with van der Waals surface area (Å²) in [7, 11) is 7.09. The molecule has 3 N–H and O–H groups in total. The molecule has 2 fully saturated rings. The molecule has 7 amide bonds. The molecule has 2 aromatic carbocycles. The molecule has 0 bridgehead atoms. The molecule has 0 radical (unpaired) electrons. The number of hydrogen-bond acceptors (Lipinski definition) is 14. The first-order valence-corrected chi connectivity index (χ1v) is 28.5. The number of fused-ring (bicyclic) bond motifs is 4. The first kappa shape index (κ1) is 53.7. The van der Waals surface area contributed by atoms with Crippen LogP contribution in [0.2, 0.25) is 0 Å². The van der Waals surface area contributed by atoms with E-state index < -0.39 is 0 Å². The lowest BCUT2D eigenvalue weighted by Crippen LogP contribution is -2.48. The summed E-state index contributed by atoms with van der Waals surface area (Å²) >= 11 is 0. The van der Waals surface area contributed by atoms with Crippen LogP contribution in [-0.2, 0) is 44.6 Å². The number of benzene rings is 2. The van der Waals surface area contributed by atoms with E-state index in [1.54, 1.807) is 48.1 Å². The number of rotatable bonds is 27. The number of nitrogens with zero attached hydrogens (tertiary/aromatic N) is 4. The van der Waals surface area contributed by atoms with Crippen LogP contribution in [0.25, 0.3) is 11.1 Å². The summed E-state index contributed by atoms with van der Waals surface area (Å²) in [4.78, 5) is 71.8. The van der Waals surface area contributed by atoms with Crippen LogP contribution in [-0.4, -0.2) is 192 Å². The third-order valence-electron chi connectivity index (χ3n) is 11.4. The molecule has 374 valence electrons. The van der Waals surface area contributed by atoms with E-state index >= 15 is 0 Å². The molecule has 1 aliphatic carbocycles. The number of ether oxygens (including phenoxy) is 5. The van der Waals surface area contributed by atoms with E-state index in [1.165, 1.54) is 16.7 Å². The second-order valence-corrected chi connectivity index (χ2v) is 21.5. The van der Waals surface area contributed by atoms with Gasteiger partial charge in [0.15, 0.2) is 0 Å². The summed E-state index contributed by atoms with van der Waals surface area (Å²) < 4.78 is 28.0. The largest absolute Gasteiger partial charge is 0.379 e. The van der Waals surface area contributed by atoms with Crippen molar-refractivity contribution in [3.8, 4) is 0 Å². The zero-order valence-corrected chi connectivity index (χ0v) is 42.2. The Morgan fingerprint density at radius 1 is 0.529 bits per heavy atom. The van der Waals surface area contributed by atoms with Gasteiger partial charge in [-0.15, -0.1) is 0 Å². The Kier molecular flexibility index (Phi) is 24.3. The van der Waals surface area contributed by atoms with E-state index in [2.05, 4.69) is 34.1 Å². The van der Waals surface area contributed by atoms with E-state index in [0.717, 1.165) is 46.2 Å². The van der Waals surface area contributed by atoms with Gasteiger partial charge >= 0.3 is 12.1 Å². The summed E-state index contributed by atoms with van der Waals surface area (Å²) in [5, 5.41) is 8.77. The molecule has 3 aliphatic heterocycles. The monoisotopic (exact) mass is 1020 g/mol. The van der Waals surface area contributed by atoms with Crippen LogP contribution >= 0.6 is 43.2 Å². The predicted octanol–water partition coefficient (Wildman–Crippen LogP) is 4.86. The number of allylic oxidation sites excluding steroid dienone is 2. The highest BCUT2D eigenvalue weighted by Crippen LogP contribution is 2.52. The van der Waals surface area contributed by atoms with E-state index in [0.29, 0.717) is 112 Å². The highest BCUT2D eigenvalue weighted by molar-refractivity contribution is 8.77. The topological polar surface area (TPSA) is 181 Å². The number of hydrogen-bond donors (Lipinski definition) is 3. The number of nitrogens with one attached hydrogen (secondary N) is 3. The molecule has 3 heterocycles. The molecular formula is C47H67N7O10S4. The zero-order chi connectivity index (χ0) is 47.6. The Bertz CT molecular complexity index is 1910. The van der Waals surface area contributed by atoms with Crippen LogP contribution in [0.15, 0.2) is 48.5 Å². The normalized spacial score (nSPS) is 15.7. The molecule has 0 atom stereocenters. The molecule has 21 heteroatoms. The summed E-state index contributed by atoms with van der Waals surface area (Å²) in [5.74, 6) is 3.23. The standard InChI is InChI=1S/C47H67N7O10S4/c55-43(48-12-9-45(57)54-36-37-5-1-2-6-38(37)40-35-41(40)39-7-3-4-8-42(39)54)10-21-60-23-25-62-27-29-64-30-28-63-26-24-61-22-11-44(56)51(15-13-49-46(58)52-17-31-65-66-32-18-52)16-14-50-47(59)53-19-33-67-68-34-20-53/h1-8H,9-36H2,(H,48,55)(H,49,58)(H,50,59). The van der Waals surface area contributed by atoms with Crippen molar-refractivity contribution in [1.29, 1.82) is 0 Å². The average Bonchev–Trinajstić information content (AvgIpc) is 4.21. The number of carbonyl (C=O) groups excluding carboxylic acids is 5. The molecular weight excluding hydrogens is 951 g/mol. The number of amides is 7. The Hall–Kier alpha value is -3.67. The van der Waals surface area contributed by atoms with Crippen molar-refractivity contribution >= 4 is 89.8 Å². The maximum atomic E-state index is 13.5. The minimum absolute atomic E-state index is 0.0332. The van der Waals surface area contributed by atoms with Crippen LogP contribution in [0.1, 0.15) is 42.4 Å². The Morgan fingerprint density at radius 2 is 1.00 bits per heavy atom. The number of anilines is 1. The fraction of sp³-hybridized carbons (Fsp3) is 0.596. The summed E-state index contributed by atoms with van der Waals surface area (Å²) in [6.07, 6.45) is 1.49. The van der Waals surface area contributed by atoms with Gasteiger partial charge in [0.2, 0.25) is 17.7 Å². The zero-order valence-electron chi connectivity index (χ0n) is 38.9. The maximum absolute atomic E-state index is 13.5. The third kappa shape index (κ3) is 18.6. The van der Waals surface area contributed by atoms with Crippen molar-refractivity contribution in [2.45, 2.75) is 32.2 Å². The Balaban J connectivity index is 0.735. The van der Waals surface area contributed by atoms with E-state index in [1.807, 2.05) is 45.0 Å². The molecule has 0 aromatic heterocycles. The first-order chi connectivity index (χ1) is 33.4. The minimum Gasteiger partial charge on any atom is -0.379 e. The summed E-state index contributed by atoms with van der Waals surface area (Å²) in [6, 6.07) is 16.1. The maximum Gasteiger partial charge on any atom is 0.317 e. The Morgan fingerprint density at radius 3 is 1.56 bits per heavy atom. The second kappa shape index (κ2) is 30.8. The highest BCUT2D eigenvalue weighted by atomic mass is 33.1. The summed E-state index contributed by atoms with van der Waals surface area (Å²) in [6.45, 7) is 8.24. The molecule has 6 rings (SSSR count). The van der Waals surface area contributed by atoms with Crippen molar-refractivity contribution in [1.82, 2.24) is 30.7 Å². The fourth-order valence-electron chi connectivity index (χ4n) is 7.68. The summed E-state index contributed by atoms with van der Waals surface area (Å²) in [5.41, 5.74) is 7.03. The molecule has 0 saturated carbocycles. The fourth-order valence-corrected chi connectivity index (χ4v) is 11.6. The van der Waals surface area contributed by atoms with Crippen molar-refractivity contribution < 1.29 is 47.7 Å². The predicted molar refractivity (Wildman–Crippen MR) is 273 cm³/mol. The Labute approximate surface area is 416 Å². The van der Waals surface area contributed by atoms with E-state index in [-0.39, 0.29) is 68.8 Å². The highest BCUT2D eigenvalue weighted by Gasteiger charge is 2.33. The molecule has 17 nitrogen and oxygen atoms in total. The quantitative estimate of drug-likeness (QED) is 0.0816. The van der Waals surface area contributed by atoms with Crippen LogP contribution in [0.3, 0.4) is 0 Å².